The summed E-state index contributed by atoms with van der Waals surface area (Å²) in [5, 5.41) is 12.7. The van der Waals surface area contributed by atoms with E-state index in [1.54, 1.807) is 0 Å². The number of carbonyl (C=O) groups is 1. The van der Waals surface area contributed by atoms with E-state index >= 15 is 0 Å². The van der Waals surface area contributed by atoms with Gasteiger partial charge in [-0.05, 0) is 87.4 Å². The minimum Gasteiger partial charge on any atom is -0.339 e. The van der Waals surface area contributed by atoms with Crippen LogP contribution >= 0.6 is 11.8 Å². The molecule has 0 spiro atoms. The number of thioether (sulfide) groups is 1. The van der Waals surface area contributed by atoms with Crippen molar-refractivity contribution < 1.29 is 4.79 Å². The molecule has 0 saturated carbocycles. The quantitative estimate of drug-likeness (QED) is 0.191. The Balaban J connectivity index is 1.31. The first-order valence-corrected chi connectivity index (χ1v) is 14.3. The van der Waals surface area contributed by atoms with Gasteiger partial charge in [0.05, 0.1) is 11.4 Å². The van der Waals surface area contributed by atoms with Crippen LogP contribution in [-0.2, 0) is 4.79 Å². The van der Waals surface area contributed by atoms with Gasteiger partial charge in [0.15, 0.2) is 11.0 Å². The molecule has 40 heavy (non-hydrogen) atoms. The summed E-state index contributed by atoms with van der Waals surface area (Å²) in [7, 11) is 0. The fraction of sp³-hybridized carbons (Fsp3) is 0.182. The van der Waals surface area contributed by atoms with Crippen LogP contribution in [0.3, 0.4) is 0 Å². The van der Waals surface area contributed by atoms with Crippen molar-refractivity contribution in [3.05, 3.63) is 114 Å². The molecule has 1 amide bonds. The van der Waals surface area contributed by atoms with Crippen LogP contribution < -0.4 is 10.2 Å². The Labute approximate surface area is 240 Å². The number of rotatable bonds is 9. The van der Waals surface area contributed by atoms with Gasteiger partial charge in [0, 0.05) is 28.7 Å². The zero-order valence-corrected chi connectivity index (χ0v) is 24.0. The molecule has 0 atom stereocenters. The fourth-order valence-electron chi connectivity index (χ4n) is 4.60. The highest BCUT2D eigenvalue weighted by molar-refractivity contribution is 7.99. The van der Waals surface area contributed by atoms with Crippen molar-refractivity contribution in [2.45, 2.75) is 38.9 Å². The SMILES string of the molecule is Cc1ccc(-n2c(SCC(=O)Nc3ccc(N(c4ccccc4)C(C)C)cc3)nnc2-c2ccccc2)cc1C. The Morgan fingerprint density at radius 2 is 1.48 bits per heavy atom. The molecule has 0 bridgehead atoms. The smallest absolute Gasteiger partial charge is 0.234 e. The van der Waals surface area contributed by atoms with Crippen LogP contribution in [0.15, 0.2) is 108 Å². The van der Waals surface area contributed by atoms with Gasteiger partial charge in [-0.25, -0.2) is 0 Å². The zero-order valence-electron chi connectivity index (χ0n) is 23.2. The molecule has 202 valence electrons. The van der Waals surface area contributed by atoms with E-state index in [1.807, 2.05) is 77.4 Å². The summed E-state index contributed by atoms with van der Waals surface area (Å²) in [5.74, 6) is 0.856. The van der Waals surface area contributed by atoms with Crippen LogP contribution in [-0.4, -0.2) is 32.5 Å². The summed E-state index contributed by atoms with van der Waals surface area (Å²) in [6, 6.07) is 34.9. The lowest BCUT2D eigenvalue weighted by Gasteiger charge is -2.29. The predicted molar refractivity (Wildman–Crippen MR) is 166 cm³/mol. The number of aryl methyl sites for hydroxylation is 2. The van der Waals surface area contributed by atoms with E-state index in [0.717, 1.165) is 34.1 Å². The normalized spacial score (nSPS) is 11.0. The number of aromatic nitrogens is 3. The first-order chi connectivity index (χ1) is 19.4. The molecule has 0 saturated heterocycles. The van der Waals surface area contributed by atoms with Crippen molar-refractivity contribution in [2.75, 3.05) is 16.0 Å². The van der Waals surface area contributed by atoms with Gasteiger partial charge in [-0.3, -0.25) is 9.36 Å². The van der Waals surface area contributed by atoms with Crippen molar-refractivity contribution in [1.82, 2.24) is 14.8 Å². The highest BCUT2D eigenvalue weighted by Crippen LogP contribution is 2.30. The van der Waals surface area contributed by atoms with Crippen LogP contribution in [0.25, 0.3) is 17.1 Å². The van der Waals surface area contributed by atoms with E-state index in [2.05, 4.69) is 78.4 Å². The summed E-state index contributed by atoms with van der Waals surface area (Å²) < 4.78 is 2.03. The Hall–Kier alpha value is -4.36. The van der Waals surface area contributed by atoms with Gasteiger partial charge in [0.2, 0.25) is 5.91 Å². The number of carbonyl (C=O) groups excluding carboxylic acids is 1. The molecule has 5 rings (SSSR count). The minimum atomic E-state index is -0.0996. The first-order valence-electron chi connectivity index (χ1n) is 13.4. The molecule has 0 fully saturated rings. The minimum absolute atomic E-state index is 0.0996. The van der Waals surface area contributed by atoms with Crippen molar-refractivity contribution in [3.63, 3.8) is 0 Å². The van der Waals surface area contributed by atoms with E-state index in [-0.39, 0.29) is 17.7 Å². The molecule has 0 radical (unpaired) electrons. The van der Waals surface area contributed by atoms with E-state index in [1.165, 1.54) is 22.9 Å². The maximum absolute atomic E-state index is 13.0. The number of para-hydroxylation sites is 1. The second kappa shape index (κ2) is 12.2. The van der Waals surface area contributed by atoms with Gasteiger partial charge in [-0.2, -0.15) is 0 Å². The number of anilines is 3. The Morgan fingerprint density at radius 3 is 2.12 bits per heavy atom. The van der Waals surface area contributed by atoms with Gasteiger partial charge in [0.25, 0.3) is 0 Å². The van der Waals surface area contributed by atoms with Crippen LogP contribution in [0, 0.1) is 13.8 Å². The maximum atomic E-state index is 13.0. The molecule has 7 heteroatoms. The standard InChI is InChI=1S/C33H33N5OS/c1-23(2)37(28-13-9-6-10-14-28)29-19-16-27(17-20-29)34-31(39)22-40-33-36-35-32(26-11-7-5-8-12-26)38(33)30-18-15-24(3)25(4)21-30/h5-21,23H,22H2,1-4H3,(H,34,39). The molecule has 0 aliphatic heterocycles. The van der Waals surface area contributed by atoms with E-state index in [0.29, 0.717) is 5.16 Å². The Kier molecular flexibility index (Phi) is 8.31. The predicted octanol–water partition coefficient (Wildman–Crippen LogP) is 7.83. The maximum Gasteiger partial charge on any atom is 0.234 e. The first kappa shape index (κ1) is 27.2. The molecule has 5 aromatic rings. The molecule has 1 heterocycles. The zero-order chi connectivity index (χ0) is 28.1. The van der Waals surface area contributed by atoms with Gasteiger partial charge < -0.3 is 10.2 Å². The largest absolute Gasteiger partial charge is 0.339 e. The highest BCUT2D eigenvalue weighted by Gasteiger charge is 2.18. The second-order valence-electron chi connectivity index (χ2n) is 9.96. The third kappa shape index (κ3) is 6.10. The van der Waals surface area contributed by atoms with E-state index in [9.17, 15) is 4.79 Å². The summed E-state index contributed by atoms with van der Waals surface area (Å²) in [4.78, 5) is 15.2. The summed E-state index contributed by atoms with van der Waals surface area (Å²) >= 11 is 1.37. The lowest BCUT2D eigenvalue weighted by molar-refractivity contribution is -0.113. The van der Waals surface area contributed by atoms with Gasteiger partial charge >= 0.3 is 0 Å². The van der Waals surface area contributed by atoms with Crippen molar-refractivity contribution in [3.8, 4) is 17.1 Å². The third-order valence-corrected chi connectivity index (χ3v) is 7.66. The summed E-state index contributed by atoms with van der Waals surface area (Å²) in [6.45, 7) is 8.52. The summed E-state index contributed by atoms with van der Waals surface area (Å²) in [5.41, 5.74) is 7.31. The van der Waals surface area contributed by atoms with Gasteiger partial charge in [0.1, 0.15) is 0 Å². The molecule has 0 aliphatic rings. The lowest BCUT2D eigenvalue weighted by atomic mass is 10.1. The van der Waals surface area contributed by atoms with Crippen LogP contribution in [0.1, 0.15) is 25.0 Å². The van der Waals surface area contributed by atoms with E-state index in [4.69, 9.17) is 0 Å². The molecule has 1 N–H and O–H groups in total. The topological polar surface area (TPSA) is 63.1 Å². The number of nitrogens with zero attached hydrogens (tertiary/aromatic N) is 4. The number of benzene rings is 4. The highest BCUT2D eigenvalue weighted by atomic mass is 32.2. The molecular weight excluding hydrogens is 514 g/mol. The van der Waals surface area contributed by atoms with Crippen LogP contribution in [0.2, 0.25) is 0 Å². The van der Waals surface area contributed by atoms with Gasteiger partial charge in [-0.15, -0.1) is 10.2 Å². The molecule has 1 aromatic heterocycles. The number of nitrogens with one attached hydrogen (secondary N) is 1. The molecular formula is C33H33N5OS. The second-order valence-corrected chi connectivity index (χ2v) is 10.9. The number of hydrogen-bond donors (Lipinski definition) is 1. The van der Waals surface area contributed by atoms with E-state index < -0.39 is 0 Å². The van der Waals surface area contributed by atoms with Crippen LogP contribution in [0.4, 0.5) is 17.1 Å². The molecule has 0 unspecified atom stereocenters. The van der Waals surface area contributed by atoms with Crippen molar-refractivity contribution in [1.29, 1.82) is 0 Å². The Bertz CT molecular complexity index is 1580. The average Bonchev–Trinajstić information content (AvgIpc) is 3.39. The van der Waals surface area contributed by atoms with Crippen molar-refractivity contribution in [2.24, 2.45) is 0 Å². The fourth-order valence-corrected chi connectivity index (χ4v) is 5.35. The number of amides is 1. The molecule has 0 aliphatic carbocycles. The third-order valence-electron chi connectivity index (χ3n) is 6.73. The summed E-state index contributed by atoms with van der Waals surface area (Å²) in [6.07, 6.45) is 0. The molecule has 4 aromatic carbocycles. The molecule has 6 nitrogen and oxygen atoms in total. The Morgan fingerprint density at radius 1 is 0.825 bits per heavy atom. The monoisotopic (exact) mass is 547 g/mol. The van der Waals surface area contributed by atoms with Crippen molar-refractivity contribution >= 4 is 34.7 Å². The average molecular weight is 548 g/mol. The van der Waals surface area contributed by atoms with Gasteiger partial charge in [-0.1, -0.05) is 66.4 Å². The van der Waals surface area contributed by atoms with Crippen LogP contribution in [0.5, 0.6) is 0 Å². The lowest BCUT2D eigenvalue weighted by Crippen LogP contribution is -2.25. The number of hydrogen-bond acceptors (Lipinski definition) is 5.